The molecule has 0 atom stereocenters. The molecule has 4 fully saturated rings. The largest absolute Gasteiger partial charge is 0.138 e. The summed E-state index contributed by atoms with van der Waals surface area (Å²) in [4.78, 5) is 0. The summed E-state index contributed by atoms with van der Waals surface area (Å²) in [5.41, 5.74) is 2.41. The van der Waals surface area contributed by atoms with Crippen LogP contribution in [0.3, 0.4) is 0 Å². The first-order valence-corrected chi connectivity index (χ1v) is 7.66. The maximum Gasteiger partial charge on any atom is 0.0773 e. The zero-order valence-electron chi connectivity index (χ0n) is 11.5. The summed E-state index contributed by atoms with van der Waals surface area (Å²) in [5, 5.41) is 12.3. The van der Waals surface area contributed by atoms with E-state index in [-0.39, 0.29) is 0 Å². The fraction of sp³-hybridized carbons (Fsp3) is 0.688. The number of aromatic nitrogens is 3. The highest BCUT2D eigenvalue weighted by Crippen LogP contribution is 2.59. The predicted molar refractivity (Wildman–Crippen MR) is 74.3 cm³/mol. The van der Waals surface area contributed by atoms with Crippen LogP contribution in [0.5, 0.6) is 0 Å². The summed E-state index contributed by atoms with van der Waals surface area (Å²) in [7, 11) is 0. The molecule has 4 saturated carbocycles. The lowest BCUT2D eigenvalue weighted by Gasteiger charge is -2.54. The van der Waals surface area contributed by atoms with Gasteiger partial charge < -0.3 is 0 Å². The first kappa shape index (κ1) is 11.6. The van der Waals surface area contributed by atoms with E-state index < -0.39 is 0 Å². The third kappa shape index (κ3) is 1.82. The lowest BCUT2D eigenvalue weighted by Crippen LogP contribution is -2.44. The molecule has 4 aliphatic rings. The zero-order valence-corrected chi connectivity index (χ0v) is 11.5. The third-order valence-electron chi connectivity index (χ3n) is 5.59. The molecule has 1 heterocycles. The van der Waals surface area contributed by atoms with Crippen LogP contribution in [0.25, 0.3) is 6.08 Å². The highest BCUT2D eigenvalue weighted by molar-refractivity contribution is 5.51. The van der Waals surface area contributed by atoms with Crippen molar-refractivity contribution in [3.8, 4) is 0 Å². The number of hydrogen-bond donors (Lipinski definition) is 0. The number of allylic oxidation sites excluding steroid dienone is 1. The van der Waals surface area contributed by atoms with E-state index in [0.29, 0.717) is 5.92 Å². The molecule has 0 N–H and O–H groups in total. The SMILES string of the molecule is CC=Cc1cnnnc1C1C2CC3CC(C2)CC1C3. The molecular formula is C16H21N3. The second-order valence-electron chi connectivity index (χ2n) is 6.73. The van der Waals surface area contributed by atoms with Crippen molar-refractivity contribution in [2.45, 2.75) is 44.9 Å². The number of hydrogen-bond acceptors (Lipinski definition) is 3. The van der Waals surface area contributed by atoms with Crippen LogP contribution in [-0.4, -0.2) is 15.4 Å². The fourth-order valence-corrected chi connectivity index (χ4v) is 5.22. The van der Waals surface area contributed by atoms with E-state index in [1.54, 1.807) is 0 Å². The van der Waals surface area contributed by atoms with Crippen molar-refractivity contribution >= 4 is 6.08 Å². The molecule has 3 heteroatoms. The van der Waals surface area contributed by atoms with Crippen molar-refractivity contribution in [3.63, 3.8) is 0 Å². The molecule has 4 bridgehead atoms. The molecule has 0 radical (unpaired) electrons. The van der Waals surface area contributed by atoms with Crippen molar-refractivity contribution in [1.29, 1.82) is 0 Å². The Labute approximate surface area is 114 Å². The van der Waals surface area contributed by atoms with Crippen LogP contribution in [0.4, 0.5) is 0 Å². The van der Waals surface area contributed by atoms with Crippen LogP contribution in [-0.2, 0) is 0 Å². The molecule has 100 valence electrons. The third-order valence-corrected chi connectivity index (χ3v) is 5.59. The van der Waals surface area contributed by atoms with Crippen LogP contribution >= 0.6 is 0 Å². The van der Waals surface area contributed by atoms with Gasteiger partial charge in [-0.1, -0.05) is 12.2 Å². The average molecular weight is 255 g/mol. The molecule has 0 aliphatic heterocycles. The first-order valence-electron chi connectivity index (χ1n) is 7.66. The highest BCUT2D eigenvalue weighted by Gasteiger charge is 2.49. The summed E-state index contributed by atoms with van der Waals surface area (Å²) in [6, 6.07) is 0. The standard InChI is InChI=1S/C16H21N3/c1-2-3-12-9-17-19-18-16(12)15-13-5-10-4-11(7-13)8-14(15)6-10/h2-3,9-11,13-15H,4-8H2,1H3. The molecule has 0 saturated heterocycles. The van der Waals surface area contributed by atoms with Crippen molar-refractivity contribution in [3.05, 3.63) is 23.5 Å². The van der Waals surface area contributed by atoms with Gasteiger partial charge in [-0.15, -0.1) is 10.2 Å². The minimum absolute atomic E-state index is 0.648. The Morgan fingerprint density at radius 1 is 1.05 bits per heavy atom. The van der Waals surface area contributed by atoms with Gasteiger partial charge in [-0.2, -0.15) is 0 Å². The van der Waals surface area contributed by atoms with Crippen molar-refractivity contribution in [1.82, 2.24) is 15.4 Å². The van der Waals surface area contributed by atoms with Gasteiger partial charge in [-0.05, 0) is 67.9 Å². The maximum absolute atomic E-state index is 4.43. The van der Waals surface area contributed by atoms with E-state index in [1.165, 1.54) is 43.4 Å². The van der Waals surface area contributed by atoms with Crippen LogP contribution in [0.2, 0.25) is 0 Å². The van der Waals surface area contributed by atoms with E-state index in [4.69, 9.17) is 0 Å². The van der Waals surface area contributed by atoms with E-state index in [1.807, 2.05) is 6.20 Å². The topological polar surface area (TPSA) is 38.7 Å². The fourth-order valence-electron chi connectivity index (χ4n) is 5.22. The highest BCUT2D eigenvalue weighted by atomic mass is 15.3. The summed E-state index contributed by atoms with van der Waals surface area (Å²) >= 11 is 0. The van der Waals surface area contributed by atoms with Gasteiger partial charge in [0.15, 0.2) is 0 Å². The quantitative estimate of drug-likeness (QED) is 0.812. The van der Waals surface area contributed by atoms with Crippen LogP contribution in [0.15, 0.2) is 12.3 Å². The summed E-state index contributed by atoms with van der Waals surface area (Å²) in [5.74, 6) is 4.39. The van der Waals surface area contributed by atoms with Crippen molar-refractivity contribution in [2.24, 2.45) is 23.7 Å². The van der Waals surface area contributed by atoms with Gasteiger partial charge >= 0.3 is 0 Å². The molecule has 1 aromatic heterocycles. The zero-order chi connectivity index (χ0) is 12.8. The lowest BCUT2D eigenvalue weighted by molar-refractivity contribution is -0.00460. The summed E-state index contributed by atoms with van der Waals surface area (Å²) in [6.45, 7) is 2.06. The van der Waals surface area contributed by atoms with Crippen LogP contribution in [0.1, 0.15) is 56.2 Å². The molecule has 0 aromatic carbocycles. The summed E-state index contributed by atoms with van der Waals surface area (Å²) < 4.78 is 0. The lowest BCUT2D eigenvalue weighted by atomic mass is 9.51. The maximum atomic E-state index is 4.43. The first-order chi connectivity index (χ1) is 9.35. The Bertz CT molecular complexity index is 480. The molecule has 4 aliphatic carbocycles. The number of rotatable bonds is 2. The Morgan fingerprint density at radius 3 is 2.37 bits per heavy atom. The molecule has 0 spiro atoms. The van der Waals surface area contributed by atoms with Gasteiger partial charge in [0.1, 0.15) is 0 Å². The van der Waals surface area contributed by atoms with Gasteiger partial charge in [0.2, 0.25) is 0 Å². The van der Waals surface area contributed by atoms with Crippen LogP contribution < -0.4 is 0 Å². The Morgan fingerprint density at radius 2 is 1.74 bits per heavy atom. The Balaban J connectivity index is 1.73. The van der Waals surface area contributed by atoms with E-state index in [0.717, 1.165) is 23.7 Å². The molecule has 3 nitrogen and oxygen atoms in total. The predicted octanol–water partition coefficient (Wildman–Crippen LogP) is 3.44. The van der Waals surface area contributed by atoms with E-state index >= 15 is 0 Å². The van der Waals surface area contributed by atoms with Gasteiger partial charge in [0.05, 0.1) is 11.9 Å². The minimum atomic E-state index is 0.648. The molecule has 0 unspecified atom stereocenters. The second kappa shape index (κ2) is 4.39. The van der Waals surface area contributed by atoms with Crippen LogP contribution in [0, 0.1) is 23.7 Å². The Kier molecular flexibility index (Phi) is 2.68. The van der Waals surface area contributed by atoms with Crippen molar-refractivity contribution < 1.29 is 0 Å². The second-order valence-corrected chi connectivity index (χ2v) is 6.73. The molecule has 19 heavy (non-hydrogen) atoms. The summed E-state index contributed by atoms with van der Waals surface area (Å²) in [6.07, 6.45) is 13.3. The van der Waals surface area contributed by atoms with E-state index in [9.17, 15) is 0 Å². The van der Waals surface area contributed by atoms with Gasteiger partial charge in [0, 0.05) is 11.5 Å². The molecule has 0 amide bonds. The smallest absolute Gasteiger partial charge is 0.0773 e. The monoisotopic (exact) mass is 255 g/mol. The van der Waals surface area contributed by atoms with Gasteiger partial charge in [-0.25, -0.2) is 0 Å². The molecular weight excluding hydrogens is 234 g/mol. The van der Waals surface area contributed by atoms with Crippen molar-refractivity contribution in [2.75, 3.05) is 0 Å². The van der Waals surface area contributed by atoms with Gasteiger partial charge in [0.25, 0.3) is 0 Å². The Hall–Kier alpha value is -1.25. The molecule has 5 rings (SSSR count). The molecule has 1 aromatic rings. The normalized spacial score (nSPS) is 40.2. The van der Waals surface area contributed by atoms with Gasteiger partial charge in [-0.3, -0.25) is 0 Å². The van der Waals surface area contributed by atoms with E-state index in [2.05, 4.69) is 34.5 Å². The number of nitrogens with zero attached hydrogens (tertiary/aromatic N) is 3. The minimum Gasteiger partial charge on any atom is -0.138 e. The average Bonchev–Trinajstić information content (AvgIpc) is 2.39.